The molecule has 0 saturated carbocycles. The molecule has 1 atom stereocenters. The Bertz CT molecular complexity index is 589. The van der Waals surface area contributed by atoms with E-state index in [9.17, 15) is 9.90 Å². The summed E-state index contributed by atoms with van der Waals surface area (Å²) in [5.41, 5.74) is 1.69. The summed E-state index contributed by atoms with van der Waals surface area (Å²) in [6, 6.07) is 9.34. The summed E-state index contributed by atoms with van der Waals surface area (Å²) in [5.74, 6) is 0.0763. The van der Waals surface area contributed by atoms with E-state index in [-0.39, 0.29) is 11.8 Å². The lowest BCUT2D eigenvalue weighted by atomic mass is 9.96. The highest BCUT2D eigenvalue weighted by molar-refractivity contribution is 5.94. The minimum absolute atomic E-state index is 0.152. The minimum Gasteiger partial charge on any atom is -0.391 e. The van der Waals surface area contributed by atoms with Gasteiger partial charge in [0.15, 0.2) is 0 Å². The number of hydrogen-bond donors (Lipinski definition) is 2. The summed E-state index contributed by atoms with van der Waals surface area (Å²) in [7, 11) is 0. The molecule has 1 aromatic carbocycles. The molecule has 0 saturated heterocycles. The molecule has 2 aromatic rings. The van der Waals surface area contributed by atoms with Gasteiger partial charge in [0.05, 0.1) is 12.6 Å². The summed E-state index contributed by atoms with van der Waals surface area (Å²) in [4.78, 5) is 12.1. The summed E-state index contributed by atoms with van der Waals surface area (Å²) in [5, 5.41) is 17.0. The predicted octanol–water partition coefficient (Wildman–Crippen LogP) is 2.46. The predicted molar refractivity (Wildman–Crippen MR) is 90.2 cm³/mol. The van der Waals surface area contributed by atoms with Crippen molar-refractivity contribution in [3.63, 3.8) is 0 Å². The van der Waals surface area contributed by atoms with Crippen molar-refractivity contribution in [2.45, 2.75) is 39.3 Å². The van der Waals surface area contributed by atoms with Crippen LogP contribution < -0.4 is 5.32 Å². The Balaban J connectivity index is 1.87. The lowest BCUT2D eigenvalue weighted by Gasteiger charge is -2.20. The van der Waals surface area contributed by atoms with Crippen molar-refractivity contribution in [2.24, 2.45) is 5.92 Å². The molecule has 1 heterocycles. The third-order valence-electron chi connectivity index (χ3n) is 4.18. The fraction of sp³-hybridized carbons (Fsp3) is 0.444. The van der Waals surface area contributed by atoms with Gasteiger partial charge >= 0.3 is 0 Å². The summed E-state index contributed by atoms with van der Waals surface area (Å²) < 4.78 is 1.83. The van der Waals surface area contributed by atoms with E-state index in [1.807, 2.05) is 29.1 Å². The van der Waals surface area contributed by atoms with Gasteiger partial charge in [-0.05, 0) is 29.7 Å². The van der Waals surface area contributed by atoms with Crippen LogP contribution in [-0.4, -0.2) is 33.4 Å². The van der Waals surface area contributed by atoms with Gasteiger partial charge < -0.3 is 10.4 Å². The molecule has 0 aliphatic heterocycles. The highest BCUT2D eigenvalue weighted by Crippen LogP contribution is 2.12. The van der Waals surface area contributed by atoms with E-state index in [1.54, 1.807) is 18.3 Å². The number of nitrogens with zero attached hydrogens (tertiary/aromatic N) is 2. The van der Waals surface area contributed by atoms with E-state index < -0.39 is 6.10 Å². The van der Waals surface area contributed by atoms with Crippen molar-refractivity contribution < 1.29 is 9.90 Å². The largest absolute Gasteiger partial charge is 0.391 e. The highest BCUT2D eigenvalue weighted by Gasteiger charge is 2.16. The Labute approximate surface area is 137 Å². The molecule has 0 fully saturated rings. The molecule has 5 nitrogen and oxygen atoms in total. The first-order chi connectivity index (χ1) is 11.1. The molecule has 2 N–H and O–H groups in total. The van der Waals surface area contributed by atoms with Crippen LogP contribution in [0.15, 0.2) is 42.7 Å². The van der Waals surface area contributed by atoms with Gasteiger partial charge in [-0.2, -0.15) is 5.10 Å². The van der Waals surface area contributed by atoms with Crippen LogP contribution in [0.4, 0.5) is 0 Å². The van der Waals surface area contributed by atoms with E-state index in [4.69, 9.17) is 0 Å². The first-order valence-electron chi connectivity index (χ1n) is 8.16. The molecule has 23 heavy (non-hydrogen) atoms. The van der Waals surface area contributed by atoms with Crippen molar-refractivity contribution >= 4 is 5.91 Å². The fourth-order valence-electron chi connectivity index (χ4n) is 2.64. The summed E-state index contributed by atoms with van der Waals surface area (Å²) in [6.45, 7) is 5.08. The van der Waals surface area contributed by atoms with Crippen LogP contribution in [-0.2, 0) is 6.54 Å². The van der Waals surface area contributed by atoms with Crippen LogP contribution in [0.5, 0.6) is 0 Å². The summed E-state index contributed by atoms with van der Waals surface area (Å²) in [6.07, 6.45) is 4.98. The molecular formula is C18H25N3O2. The van der Waals surface area contributed by atoms with Gasteiger partial charge in [-0.3, -0.25) is 9.48 Å². The molecular weight excluding hydrogens is 290 g/mol. The number of aromatic nitrogens is 2. The van der Waals surface area contributed by atoms with E-state index in [0.29, 0.717) is 18.7 Å². The van der Waals surface area contributed by atoms with Crippen molar-refractivity contribution in [1.29, 1.82) is 0 Å². The monoisotopic (exact) mass is 315 g/mol. The average Bonchev–Trinajstić information content (AvgIpc) is 3.07. The second-order valence-corrected chi connectivity index (χ2v) is 5.75. The van der Waals surface area contributed by atoms with Gasteiger partial charge in [-0.15, -0.1) is 0 Å². The molecule has 1 amide bonds. The molecule has 0 aliphatic carbocycles. The van der Waals surface area contributed by atoms with Gasteiger partial charge in [-0.1, -0.05) is 38.8 Å². The molecule has 5 heteroatoms. The Morgan fingerprint density at radius 1 is 1.26 bits per heavy atom. The number of aliphatic hydroxyl groups excluding tert-OH is 1. The van der Waals surface area contributed by atoms with Crippen LogP contribution in [0.1, 0.15) is 42.6 Å². The molecule has 2 rings (SSSR count). The van der Waals surface area contributed by atoms with Gasteiger partial charge in [0.1, 0.15) is 0 Å². The zero-order valence-electron chi connectivity index (χ0n) is 13.8. The second-order valence-electron chi connectivity index (χ2n) is 5.75. The molecule has 1 unspecified atom stereocenters. The fourth-order valence-corrected chi connectivity index (χ4v) is 2.64. The Morgan fingerprint density at radius 3 is 2.52 bits per heavy atom. The zero-order valence-corrected chi connectivity index (χ0v) is 13.8. The van der Waals surface area contributed by atoms with Gasteiger partial charge in [0, 0.05) is 24.5 Å². The maximum absolute atomic E-state index is 12.1. The van der Waals surface area contributed by atoms with Crippen LogP contribution in [0, 0.1) is 5.92 Å². The first kappa shape index (κ1) is 17.2. The normalized spacial score (nSPS) is 12.3. The van der Waals surface area contributed by atoms with E-state index in [1.165, 1.54) is 0 Å². The molecule has 0 bridgehead atoms. The van der Waals surface area contributed by atoms with E-state index in [2.05, 4.69) is 24.3 Å². The maximum Gasteiger partial charge on any atom is 0.251 e. The topological polar surface area (TPSA) is 67.2 Å². The van der Waals surface area contributed by atoms with Crippen molar-refractivity contribution in [2.75, 3.05) is 6.54 Å². The van der Waals surface area contributed by atoms with Crippen molar-refractivity contribution in [3.05, 3.63) is 53.9 Å². The van der Waals surface area contributed by atoms with E-state index in [0.717, 1.165) is 18.4 Å². The number of nitrogens with one attached hydrogen (secondary N) is 1. The Kier molecular flexibility index (Phi) is 6.35. The van der Waals surface area contributed by atoms with Crippen LogP contribution in [0.3, 0.4) is 0 Å². The number of hydrogen-bond acceptors (Lipinski definition) is 3. The first-order valence-corrected chi connectivity index (χ1v) is 8.16. The van der Waals surface area contributed by atoms with E-state index >= 15 is 0 Å². The highest BCUT2D eigenvalue weighted by atomic mass is 16.3. The molecule has 0 spiro atoms. The molecule has 1 aromatic heterocycles. The quantitative estimate of drug-likeness (QED) is 0.786. The van der Waals surface area contributed by atoms with Crippen molar-refractivity contribution in [3.8, 4) is 0 Å². The number of rotatable bonds is 8. The van der Waals surface area contributed by atoms with Crippen LogP contribution >= 0.6 is 0 Å². The number of carbonyl (C=O) groups excluding carboxylic acids is 1. The third-order valence-corrected chi connectivity index (χ3v) is 4.18. The maximum atomic E-state index is 12.1. The average molecular weight is 315 g/mol. The SMILES string of the molecule is CCC(CC)C(O)CNC(=O)c1ccc(Cn2cccn2)cc1. The second kappa shape index (κ2) is 8.48. The number of carbonyl (C=O) groups is 1. The zero-order chi connectivity index (χ0) is 16.7. The standard InChI is InChI=1S/C18H25N3O2/c1-3-15(4-2)17(22)12-19-18(23)16-8-6-14(7-9-16)13-21-11-5-10-20-21/h5-11,15,17,22H,3-4,12-13H2,1-2H3,(H,19,23). The number of amides is 1. The Morgan fingerprint density at radius 2 is 1.96 bits per heavy atom. The molecule has 0 aliphatic rings. The number of aliphatic hydroxyl groups is 1. The van der Waals surface area contributed by atoms with Crippen LogP contribution in [0.25, 0.3) is 0 Å². The van der Waals surface area contributed by atoms with Gasteiger partial charge in [-0.25, -0.2) is 0 Å². The van der Waals surface area contributed by atoms with Gasteiger partial charge in [0.2, 0.25) is 0 Å². The number of benzene rings is 1. The van der Waals surface area contributed by atoms with Crippen molar-refractivity contribution in [1.82, 2.24) is 15.1 Å². The minimum atomic E-state index is -0.493. The van der Waals surface area contributed by atoms with Crippen LogP contribution in [0.2, 0.25) is 0 Å². The lowest BCUT2D eigenvalue weighted by Crippen LogP contribution is -2.36. The molecule has 124 valence electrons. The lowest BCUT2D eigenvalue weighted by molar-refractivity contribution is 0.0816. The summed E-state index contributed by atoms with van der Waals surface area (Å²) >= 11 is 0. The third kappa shape index (κ3) is 4.93. The Hall–Kier alpha value is -2.14. The molecule has 0 radical (unpaired) electrons. The van der Waals surface area contributed by atoms with Gasteiger partial charge in [0.25, 0.3) is 5.91 Å². The smallest absolute Gasteiger partial charge is 0.251 e.